The molecule has 1 aromatic rings. The van der Waals surface area contributed by atoms with Gasteiger partial charge in [0.15, 0.2) is 8.32 Å². The van der Waals surface area contributed by atoms with Gasteiger partial charge in [0, 0.05) is 49.7 Å². The van der Waals surface area contributed by atoms with Crippen LogP contribution in [0.4, 0.5) is 8.78 Å². The predicted molar refractivity (Wildman–Crippen MR) is 182 cm³/mol. The highest BCUT2D eigenvalue weighted by atomic mass is 32.2. The van der Waals surface area contributed by atoms with Gasteiger partial charge in [0.2, 0.25) is 15.9 Å². The Labute approximate surface area is 279 Å². The molecule has 47 heavy (non-hydrogen) atoms. The smallest absolute Gasteiger partial charge is 0.248 e. The maximum absolute atomic E-state index is 14.2. The van der Waals surface area contributed by atoms with Crippen LogP contribution in [0, 0.1) is 29.4 Å². The lowest BCUT2D eigenvalue weighted by molar-refractivity contribution is -0.120. The summed E-state index contributed by atoms with van der Waals surface area (Å²) >= 11 is 0. The first-order valence-corrected chi connectivity index (χ1v) is 20.6. The number of amides is 1. The van der Waals surface area contributed by atoms with Crippen LogP contribution in [0.25, 0.3) is 0 Å². The fourth-order valence-corrected chi connectivity index (χ4v) is 7.72. The lowest BCUT2D eigenvalue weighted by Crippen LogP contribution is -2.58. The summed E-state index contributed by atoms with van der Waals surface area (Å²) in [5, 5.41) is 5.27. The van der Waals surface area contributed by atoms with Gasteiger partial charge in [-0.3, -0.25) is 9.79 Å². The van der Waals surface area contributed by atoms with Gasteiger partial charge in [0.1, 0.15) is 42.3 Å². The van der Waals surface area contributed by atoms with Crippen LogP contribution in [0.1, 0.15) is 61.3 Å². The first-order chi connectivity index (χ1) is 21.7. The third-order valence-electron chi connectivity index (χ3n) is 9.59. The van der Waals surface area contributed by atoms with E-state index in [1.807, 2.05) is 33.9 Å². The van der Waals surface area contributed by atoms with E-state index in [0.717, 1.165) is 24.6 Å². The average molecular weight is 699 g/mol. The number of rotatable bonds is 15. The van der Waals surface area contributed by atoms with Gasteiger partial charge in [-0.1, -0.05) is 34.6 Å². The number of aliphatic imine (C=N–C) groups is 1. The van der Waals surface area contributed by atoms with Crippen molar-refractivity contribution in [2.45, 2.75) is 103 Å². The molecule has 1 aliphatic heterocycles. The van der Waals surface area contributed by atoms with Gasteiger partial charge in [-0.15, -0.1) is 0 Å². The number of ether oxygens (including phenoxy) is 1. The molecule has 1 fully saturated rings. The lowest BCUT2D eigenvalue weighted by Gasteiger charge is -2.41. The SMILES string of the molecule is CC1CC1CN=C1C=C(C(=O)NC(COc2cc(F)cc(F)c2)C(CC=O)O[Si](C)(C)C(C)(C)C)C(C)C(N(C)S(=O)(=O)C(C)C)N1. The Bertz CT molecular complexity index is 1440. The minimum atomic E-state index is -3.71. The van der Waals surface area contributed by atoms with Crippen molar-refractivity contribution in [3.05, 3.63) is 41.5 Å². The normalized spacial score (nSPS) is 24.0. The number of halogens is 2. The molecule has 1 aromatic carbocycles. The summed E-state index contributed by atoms with van der Waals surface area (Å²) in [6.45, 7) is 17.5. The van der Waals surface area contributed by atoms with E-state index in [1.54, 1.807) is 26.8 Å². The molecule has 3 rings (SSSR count). The van der Waals surface area contributed by atoms with E-state index in [0.29, 0.717) is 30.5 Å². The number of nitrogens with one attached hydrogen (secondary N) is 2. The van der Waals surface area contributed by atoms with Crippen molar-refractivity contribution in [3.8, 4) is 5.75 Å². The molecule has 0 spiro atoms. The molecule has 0 aromatic heterocycles. The predicted octanol–water partition coefficient (Wildman–Crippen LogP) is 5.02. The zero-order valence-electron chi connectivity index (χ0n) is 29.3. The molecule has 10 nitrogen and oxygen atoms in total. The Balaban J connectivity index is 2.00. The minimum absolute atomic E-state index is 0.0707. The van der Waals surface area contributed by atoms with Crippen molar-refractivity contribution in [2.24, 2.45) is 22.7 Å². The second-order valence-electron chi connectivity index (χ2n) is 14.6. The van der Waals surface area contributed by atoms with Crippen LogP contribution in [0.5, 0.6) is 5.75 Å². The van der Waals surface area contributed by atoms with Gasteiger partial charge < -0.3 is 24.6 Å². The van der Waals surface area contributed by atoms with Gasteiger partial charge in [0.05, 0.1) is 17.4 Å². The summed E-state index contributed by atoms with van der Waals surface area (Å²) in [4.78, 5) is 30.8. The molecule has 264 valence electrons. The summed E-state index contributed by atoms with van der Waals surface area (Å²) in [5.74, 6) is -1.50. The average Bonchev–Trinajstić information content (AvgIpc) is 3.67. The van der Waals surface area contributed by atoms with Gasteiger partial charge in [-0.2, -0.15) is 4.31 Å². The fourth-order valence-electron chi connectivity index (χ4n) is 5.13. The maximum atomic E-state index is 14.2. The first kappa shape index (κ1) is 38.8. The van der Waals surface area contributed by atoms with Gasteiger partial charge in [-0.25, -0.2) is 17.2 Å². The Morgan fingerprint density at radius 2 is 1.79 bits per heavy atom. The molecule has 0 bridgehead atoms. The van der Waals surface area contributed by atoms with Crippen molar-refractivity contribution in [1.82, 2.24) is 14.9 Å². The van der Waals surface area contributed by atoms with E-state index in [2.05, 4.69) is 17.6 Å². The fraction of sp³-hybridized carbons (Fsp3) is 0.667. The second-order valence-corrected chi connectivity index (χ2v) is 21.9. The van der Waals surface area contributed by atoms with Gasteiger partial charge >= 0.3 is 0 Å². The van der Waals surface area contributed by atoms with E-state index >= 15 is 0 Å². The Morgan fingerprint density at radius 3 is 2.30 bits per heavy atom. The maximum Gasteiger partial charge on any atom is 0.248 e. The van der Waals surface area contributed by atoms with Crippen LogP contribution in [0.15, 0.2) is 34.8 Å². The highest BCUT2D eigenvalue weighted by molar-refractivity contribution is 7.89. The number of aldehydes is 1. The largest absolute Gasteiger partial charge is 0.491 e. The topological polar surface area (TPSA) is 126 Å². The number of sulfonamides is 1. The van der Waals surface area contributed by atoms with Crippen LogP contribution >= 0.6 is 0 Å². The molecule has 6 unspecified atom stereocenters. The highest BCUT2D eigenvalue weighted by Gasteiger charge is 2.43. The molecule has 1 saturated carbocycles. The van der Waals surface area contributed by atoms with Crippen molar-refractivity contribution in [1.29, 1.82) is 0 Å². The number of hydrogen-bond acceptors (Lipinski definition) is 7. The van der Waals surface area contributed by atoms with E-state index in [4.69, 9.17) is 14.2 Å². The van der Waals surface area contributed by atoms with E-state index in [1.165, 1.54) is 11.4 Å². The monoisotopic (exact) mass is 698 g/mol. The van der Waals surface area contributed by atoms with E-state index in [-0.39, 0.29) is 29.4 Å². The van der Waals surface area contributed by atoms with E-state index < -0.39 is 65.4 Å². The molecule has 2 N–H and O–H groups in total. The van der Waals surface area contributed by atoms with Crippen LogP contribution < -0.4 is 15.4 Å². The molecule has 2 aliphatic rings. The lowest BCUT2D eigenvalue weighted by atomic mass is 9.92. The molecule has 0 radical (unpaired) electrons. The summed E-state index contributed by atoms with van der Waals surface area (Å²) in [6.07, 6.45) is 1.69. The van der Waals surface area contributed by atoms with Crippen LogP contribution in [-0.4, -0.2) is 82.8 Å². The standard InChI is InChI=1S/C33H52F2N4O6SSi/c1-20(2)46(42,43)39(8)31-22(4)27(17-30(38-31)36-18-23-13-21(23)3)32(41)37-28(19-44-26-15-24(34)14-25(35)16-26)29(11-12-40)45-47(9,10)33(5,6)7/h12,14-17,20-23,28-29,31H,11,13,18-19H2,1-10H3,(H,36,38)(H,37,41). The quantitative estimate of drug-likeness (QED) is 0.195. The molecule has 1 heterocycles. The molecular weight excluding hydrogens is 647 g/mol. The Hall–Kier alpha value is -2.68. The van der Waals surface area contributed by atoms with Crippen molar-refractivity contribution in [2.75, 3.05) is 20.2 Å². The summed E-state index contributed by atoms with van der Waals surface area (Å²) < 4.78 is 68.0. The zero-order valence-corrected chi connectivity index (χ0v) is 31.1. The summed E-state index contributed by atoms with van der Waals surface area (Å²) in [5.41, 5.74) is 0.279. The molecule has 0 saturated heterocycles. The number of amidine groups is 1. The molecule has 1 amide bonds. The molecule has 6 atom stereocenters. The van der Waals surface area contributed by atoms with Gasteiger partial charge in [-0.05, 0) is 56.3 Å². The molecule has 1 aliphatic carbocycles. The van der Waals surface area contributed by atoms with Crippen molar-refractivity contribution in [3.63, 3.8) is 0 Å². The third-order valence-corrected chi connectivity index (χ3v) is 16.3. The summed E-state index contributed by atoms with van der Waals surface area (Å²) in [7, 11) is -4.72. The number of carbonyl (C=O) groups is 2. The van der Waals surface area contributed by atoms with Gasteiger partial charge in [0.25, 0.3) is 0 Å². The Morgan fingerprint density at radius 1 is 1.19 bits per heavy atom. The minimum Gasteiger partial charge on any atom is -0.491 e. The van der Waals surface area contributed by atoms with E-state index in [9.17, 15) is 26.8 Å². The Kier molecular flexibility index (Phi) is 12.6. The molecule has 14 heteroatoms. The second kappa shape index (κ2) is 15.3. The number of carbonyl (C=O) groups excluding carboxylic acids is 2. The zero-order chi connectivity index (χ0) is 35.5. The van der Waals surface area contributed by atoms with Crippen LogP contribution in [0.2, 0.25) is 18.1 Å². The number of hydrogen-bond donors (Lipinski definition) is 2. The third kappa shape index (κ3) is 9.92. The summed E-state index contributed by atoms with van der Waals surface area (Å²) in [6, 6.07) is 1.87. The first-order valence-electron chi connectivity index (χ1n) is 16.2. The van der Waals surface area contributed by atoms with Crippen molar-refractivity contribution < 1.29 is 36.0 Å². The number of benzene rings is 1. The number of nitrogens with zero attached hydrogens (tertiary/aromatic N) is 2. The van der Waals surface area contributed by atoms with Crippen LogP contribution in [0.3, 0.4) is 0 Å². The van der Waals surface area contributed by atoms with Crippen LogP contribution in [-0.2, 0) is 24.0 Å². The molecular formula is C33H52F2N4O6SSi. The highest BCUT2D eigenvalue weighted by Crippen LogP contribution is 2.39. The van der Waals surface area contributed by atoms with Crippen molar-refractivity contribution >= 4 is 36.4 Å².